The number of rotatable bonds is 4. The Bertz CT molecular complexity index is 641. The Morgan fingerprint density at radius 3 is 2.83 bits per heavy atom. The molecule has 1 N–H and O–H groups in total. The Balaban J connectivity index is 0.000000177. The van der Waals surface area contributed by atoms with Gasteiger partial charge in [0.15, 0.2) is 0 Å². The van der Waals surface area contributed by atoms with Crippen LogP contribution in [0, 0.1) is 11.8 Å². The Labute approximate surface area is 154 Å². The van der Waals surface area contributed by atoms with Gasteiger partial charge in [-0.2, -0.15) is 5.10 Å². The van der Waals surface area contributed by atoms with Gasteiger partial charge in [-0.25, -0.2) is 0 Å². The maximum Gasteiger partial charge on any atom is 0.135 e. The van der Waals surface area contributed by atoms with Crippen LogP contribution in [0.1, 0.15) is 39.0 Å². The minimum absolute atomic E-state index is 0.811. The largest absolute Gasteiger partial charge is 0.495 e. The standard InChI is InChI=1S/C10H21N.C9H9BrN2O/c1-9-4-3-5-10(8-9)6-7-11-2;1-12-5-6-3-7(10)9(13-2)4-8(6)11-12/h9-11H,3-8H2,1-2H3;3-5H,1-2H3. The van der Waals surface area contributed by atoms with Gasteiger partial charge in [-0.05, 0) is 60.3 Å². The maximum absolute atomic E-state index is 5.17. The summed E-state index contributed by atoms with van der Waals surface area (Å²) in [6, 6.07) is 3.92. The first kappa shape index (κ1) is 19.3. The number of nitrogens with zero attached hydrogens (tertiary/aromatic N) is 2. The Morgan fingerprint density at radius 1 is 1.38 bits per heavy atom. The number of benzene rings is 1. The van der Waals surface area contributed by atoms with Crippen LogP contribution in [0.5, 0.6) is 5.75 Å². The summed E-state index contributed by atoms with van der Waals surface area (Å²) in [6.45, 7) is 3.60. The van der Waals surface area contributed by atoms with E-state index in [2.05, 4.69) is 33.3 Å². The van der Waals surface area contributed by atoms with Crippen LogP contribution in [0.2, 0.25) is 0 Å². The summed E-state index contributed by atoms with van der Waals surface area (Å²) in [5.74, 6) is 2.82. The molecule has 134 valence electrons. The summed E-state index contributed by atoms with van der Waals surface area (Å²) in [6.07, 6.45) is 9.25. The van der Waals surface area contributed by atoms with Gasteiger partial charge in [0.25, 0.3) is 0 Å². The van der Waals surface area contributed by atoms with Crippen LogP contribution in [-0.4, -0.2) is 30.5 Å². The lowest BCUT2D eigenvalue weighted by Crippen LogP contribution is -2.18. The van der Waals surface area contributed by atoms with Gasteiger partial charge < -0.3 is 10.1 Å². The van der Waals surface area contributed by atoms with Gasteiger partial charge in [-0.3, -0.25) is 4.68 Å². The van der Waals surface area contributed by atoms with Crippen molar-refractivity contribution in [2.75, 3.05) is 20.7 Å². The van der Waals surface area contributed by atoms with E-state index in [0.717, 1.165) is 33.0 Å². The molecule has 1 saturated carbocycles. The SMILES string of the molecule is CNCCC1CCCC(C)C1.COc1cc2nn(C)cc2cc1Br. The van der Waals surface area contributed by atoms with Gasteiger partial charge in [0.1, 0.15) is 5.75 Å². The molecular formula is C19H30BrN3O. The molecule has 5 heteroatoms. The average molecular weight is 396 g/mol. The van der Waals surface area contributed by atoms with Crippen LogP contribution >= 0.6 is 15.9 Å². The summed E-state index contributed by atoms with van der Waals surface area (Å²) in [4.78, 5) is 0. The normalized spacial score (nSPS) is 20.5. The van der Waals surface area contributed by atoms with Gasteiger partial charge in [0.2, 0.25) is 0 Å². The number of hydrogen-bond donors (Lipinski definition) is 1. The second-order valence-electron chi connectivity index (χ2n) is 6.88. The maximum atomic E-state index is 5.17. The molecule has 1 aliphatic rings. The van der Waals surface area contributed by atoms with E-state index >= 15 is 0 Å². The molecule has 2 atom stereocenters. The first-order chi connectivity index (χ1) is 11.5. The van der Waals surface area contributed by atoms with E-state index in [-0.39, 0.29) is 0 Å². The lowest BCUT2D eigenvalue weighted by molar-refractivity contribution is 0.269. The average Bonchev–Trinajstić information content (AvgIpc) is 2.91. The highest BCUT2D eigenvalue weighted by Gasteiger charge is 2.17. The molecule has 1 aromatic heterocycles. The molecule has 0 spiro atoms. The Kier molecular flexibility index (Phi) is 7.56. The van der Waals surface area contributed by atoms with Crippen LogP contribution in [0.4, 0.5) is 0 Å². The number of methoxy groups -OCH3 is 1. The summed E-state index contributed by atoms with van der Waals surface area (Å²) in [5, 5.41) is 8.62. The molecule has 3 rings (SSSR count). The molecule has 2 aromatic rings. The lowest BCUT2D eigenvalue weighted by Gasteiger charge is -2.26. The van der Waals surface area contributed by atoms with Crippen LogP contribution in [0.25, 0.3) is 10.9 Å². The highest BCUT2D eigenvalue weighted by Crippen LogP contribution is 2.30. The van der Waals surface area contributed by atoms with Crippen molar-refractivity contribution in [2.45, 2.75) is 39.0 Å². The predicted octanol–water partition coefficient (Wildman–Crippen LogP) is 4.77. The Hall–Kier alpha value is -1.07. The molecule has 24 heavy (non-hydrogen) atoms. The second kappa shape index (κ2) is 9.42. The van der Waals surface area contributed by atoms with E-state index in [4.69, 9.17) is 4.74 Å². The zero-order valence-corrected chi connectivity index (χ0v) is 16.9. The molecule has 0 bridgehead atoms. The van der Waals surface area contributed by atoms with Crippen LogP contribution < -0.4 is 10.1 Å². The molecule has 0 radical (unpaired) electrons. The molecule has 0 amide bonds. The quantitative estimate of drug-likeness (QED) is 0.810. The molecule has 1 heterocycles. The van der Waals surface area contributed by atoms with E-state index in [1.54, 1.807) is 11.8 Å². The van der Waals surface area contributed by atoms with Crippen molar-refractivity contribution in [3.05, 3.63) is 22.8 Å². The molecule has 1 aliphatic carbocycles. The van der Waals surface area contributed by atoms with E-state index in [1.807, 2.05) is 32.4 Å². The van der Waals surface area contributed by atoms with Gasteiger partial charge in [0, 0.05) is 24.7 Å². The molecular weight excluding hydrogens is 366 g/mol. The molecule has 4 nitrogen and oxygen atoms in total. The number of fused-ring (bicyclic) bond motifs is 1. The van der Waals surface area contributed by atoms with Crippen LogP contribution in [0.15, 0.2) is 22.8 Å². The lowest BCUT2D eigenvalue weighted by atomic mass is 9.81. The number of aryl methyl sites for hydroxylation is 1. The van der Waals surface area contributed by atoms with Crippen molar-refractivity contribution in [3.8, 4) is 5.75 Å². The molecule has 2 unspecified atom stereocenters. The van der Waals surface area contributed by atoms with Gasteiger partial charge in [0.05, 0.1) is 17.1 Å². The fraction of sp³-hybridized carbons (Fsp3) is 0.632. The molecule has 0 saturated heterocycles. The summed E-state index contributed by atoms with van der Waals surface area (Å²) < 4.78 is 7.91. The topological polar surface area (TPSA) is 39.1 Å². The van der Waals surface area contributed by atoms with E-state index in [0.29, 0.717) is 0 Å². The van der Waals surface area contributed by atoms with Gasteiger partial charge in [-0.15, -0.1) is 0 Å². The first-order valence-corrected chi connectivity index (χ1v) is 9.64. The summed E-state index contributed by atoms with van der Waals surface area (Å²) >= 11 is 3.42. The number of halogens is 1. The zero-order chi connectivity index (χ0) is 17.5. The zero-order valence-electron chi connectivity index (χ0n) is 15.3. The van der Waals surface area contributed by atoms with Crippen molar-refractivity contribution in [1.29, 1.82) is 0 Å². The highest BCUT2D eigenvalue weighted by molar-refractivity contribution is 9.10. The van der Waals surface area contributed by atoms with Crippen molar-refractivity contribution in [2.24, 2.45) is 18.9 Å². The number of aromatic nitrogens is 2. The number of hydrogen-bond acceptors (Lipinski definition) is 3. The fourth-order valence-corrected chi connectivity index (χ4v) is 4.00. The van der Waals surface area contributed by atoms with Crippen LogP contribution in [0.3, 0.4) is 0 Å². The van der Waals surface area contributed by atoms with Crippen molar-refractivity contribution in [3.63, 3.8) is 0 Å². The van der Waals surface area contributed by atoms with Gasteiger partial charge >= 0.3 is 0 Å². The predicted molar refractivity (Wildman–Crippen MR) is 105 cm³/mol. The second-order valence-corrected chi connectivity index (χ2v) is 7.73. The molecule has 0 aliphatic heterocycles. The minimum Gasteiger partial charge on any atom is -0.495 e. The number of nitrogens with one attached hydrogen (secondary N) is 1. The number of ether oxygens (including phenoxy) is 1. The monoisotopic (exact) mass is 395 g/mol. The summed E-state index contributed by atoms with van der Waals surface area (Å²) in [7, 11) is 5.60. The van der Waals surface area contributed by atoms with E-state index in [9.17, 15) is 0 Å². The Morgan fingerprint density at radius 2 is 2.17 bits per heavy atom. The highest BCUT2D eigenvalue weighted by atomic mass is 79.9. The third-order valence-corrected chi connectivity index (χ3v) is 5.36. The van der Waals surface area contributed by atoms with Crippen molar-refractivity contribution < 1.29 is 4.74 Å². The fourth-order valence-electron chi connectivity index (χ4n) is 3.47. The first-order valence-electron chi connectivity index (χ1n) is 8.85. The summed E-state index contributed by atoms with van der Waals surface area (Å²) in [5.41, 5.74) is 0.947. The van der Waals surface area contributed by atoms with E-state index in [1.165, 1.54) is 38.6 Å². The third-order valence-electron chi connectivity index (χ3n) is 4.74. The van der Waals surface area contributed by atoms with Crippen LogP contribution in [-0.2, 0) is 7.05 Å². The molecule has 1 fully saturated rings. The van der Waals surface area contributed by atoms with Crippen molar-refractivity contribution >= 4 is 26.8 Å². The minimum atomic E-state index is 0.811. The third kappa shape index (κ3) is 5.49. The van der Waals surface area contributed by atoms with Gasteiger partial charge in [-0.1, -0.05) is 26.2 Å². The van der Waals surface area contributed by atoms with Crippen molar-refractivity contribution in [1.82, 2.24) is 15.1 Å². The molecule has 1 aromatic carbocycles. The van der Waals surface area contributed by atoms with E-state index < -0.39 is 0 Å². The smallest absolute Gasteiger partial charge is 0.135 e.